The summed E-state index contributed by atoms with van der Waals surface area (Å²) < 4.78 is 0. The summed E-state index contributed by atoms with van der Waals surface area (Å²) in [6, 6.07) is 0. The normalized spacial score (nSPS) is 1.33. The van der Waals surface area contributed by atoms with E-state index >= 15 is 0 Å². The summed E-state index contributed by atoms with van der Waals surface area (Å²) in [5.41, 5.74) is 0. The van der Waals surface area contributed by atoms with Crippen molar-refractivity contribution in [2.24, 2.45) is 0 Å². The predicted octanol–water partition coefficient (Wildman–Crippen LogP) is 0.489. The Kier molecular flexibility index (Phi) is 150. The number of hydrogen-bond donors (Lipinski definition) is 2. The molecule has 0 radical (unpaired) electrons. The van der Waals surface area contributed by atoms with E-state index in [-0.39, 0.29) is 52.7 Å². The molecule has 0 aliphatic carbocycles. The Hall–Kier alpha value is 1.28. The van der Waals surface area contributed by atoms with Crippen molar-refractivity contribution in [1.29, 1.82) is 5.26 Å². The van der Waals surface area contributed by atoms with E-state index in [9.17, 15) is 0 Å². The molecule has 0 saturated carbocycles. The molecule has 0 atom stereocenters. The third-order valence-electron chi connectivity index (χ3n) is 0. The van der Waals surface area contributed by atoms with E-state index in [1.54, 1.807) is 0 Å². The fourth-order valence-corrected chi connectivity index (χ4v) is 0. The third kappa shape index (κ3) is 59.0. The van der Waals surface area contributed by atoms with Crippen molar-refractivity contribution in [3.05, 3.63) is 0 Å². The van der Waals surface area contributed by atoms with Crippen LogP contribution in [0.4, 0.5) is 0 Å². The van der Waals surface area contributed by atoms with E-state index in [0.717, 1.165) is 0 Å². The minimum atomic E-state index is 0. The summed E-state index contributed by atoms with van der Waals surface area (Å²) in [5, 5.41) is 8.63. The van der Waals surface area contributed by atoms with Crippen LogP contribution in [0.25, 0.3) is 0 Å². The maximum atomic E-state index is 7.18. The fraction of sp³-hybridized carbons (Fsp3) is 0. The molecule has 0 unspecified atom stereocenters. The molecule has 0 amide bonds. The molecule has 2 nitrogen and oxygen atoms in total. The molecule has 5 heteroatoms. The average molecular weight is 181 g/mol. The van der Waals surface area contributed by atoms with Crippen LogP contribution in [0.15, 0.2) is 0 Å². The molecule has 6 heavy (non-hydrogen) atoms. The molecule has 34 valence electrons. The molecule has 0 aromatic carbocycles. The average Bonchev–Trinajstić information content (AvgIpc) is 0.918. The van der Waals surface area contributed by atoms with Crippen LogP contribution >= 0.6 is 29.6 Å². The summed E-state index contributed by atoms with van der Waals surface area (Å²) in [4.78, 5) is 0. The molecular formula is CH6BrN2NaS. The second-order valence-corrected chi connectivity index (χ2v) is 0.300. The van der Waals surface area contributed by atoms with E-state index in [4.69, 9.17) is 5.26 Å². The van der Waals surface area contributed by atoms with Gasteiger partial charge in [0.25, 0.3) is 0 Å². The van der Waals surface area contributed by atoms with Crippen LogP contribution in [0.5, 0.6) is 0 Å². The first-order valence-electron chi connectivity index (χ1n) is 0.447. The monoisotopic (exact) mass is 180 g/mol. The van der Waals surface area contributed by atoms with Gasteiger partial charge in [-0.2, -0.15) is 5.26 Å². The Labute approximate surface area is 75.3 Å². The molecule has 0 heterocycles. The Balaban J connectivity index is -0.00000000667. The van der Waals surface area contributed by atoms with Crippen molar-refractivity contribution in [1.82, 2.24) is 6.15 Å². The fourth-order valence-electron chi connectivity index (χ4n) is 0. The molecule has 3 N–H and O–H groups in total. The van der Waals surface area contributed by atoms with Crippen LogP contribution in [0, 0.1) is 10.7 Å². The first-order chi connectivity index (χ1) is 1.41. The Bertz CT molecular complexity index is 35.0. The van der Waals surface area contributed by atoms with Gasteiger partial charge in [-0.25, -0.2) is 0 Å². The van der Waals surface area contributed by atoms with Crippen LogP contribution in [0.1, 0.15) is 0 Å². The first kappa shape index (κ1) is 26.7. The van der Waals surface area contributed by atoms with Crippen LogP contribution in [0.3, 0.4) is 0 Å². The minimum absolute atomic E-state index is 0. The van der Waals surface area contributed by atoms with Crippen LogP contribution in [0.2, 0.25) is 0 Å². The van der Waals surface area contributed by atoms with Gasteiger partial charge in [0.1, 0.15) is 5.40 Å². The molecule has 0 rings (SSSR count). The molecule has 0 bridgehead atoms. The topological polar surface area (TPSA) is 58.8 Å². The SMILES string of the molecule is Br.N.N#CS.[NaH]. The molecule has 0 aromatic rings. The van der Waals surface area contributed by atoms with Crippen LogP contribution < -0.4 is 6.15 Å². The van der Waals surface area contributed by atoms with E-state index in [2.05, 4.69) is 12.6 Å². The van der Waals surface area contributed by atoms with Crippen molar-refractivity contribution in [3.63, 3.8) is 0 Å². The van der Waals surface area contributed by atoms with Gasteiger partial charge in [-0.1, -0.05) is 12.6 Å². The second kappa shape index (κ2) is 33.7. The van der Waals surface area contributed by atoms with Gasteiger partial charge < -0.3 is 6.15 Å². The summed E-state index contributed by atoms with van der Waals surface area (Å²) in [6.45, 7) is 0. The Morgan fingerprint density at radius 2 is 1.50 bits per heavy atom. The van der Waals surface area contributed by atoms with Gasteiger partial charge in [0, 0.05) is 0 Å². The van der Waals surface area contributed by atoms with Crippen molar-refractivity contribution < 1.29 is 0 Å². The zero-order chi connectivity index (χ0) is 2.71. The second-order valence-electron chi connectivity index (χ2n) is 0.100. The van der Waals surface area contributed by atoms with Crippen LogP contribution in [-0.4, -0.2) is 29.6 Å². The predicted molar refractivity (Wildman–Crippen MR) is 37.1 cm³/mol. The van der Waals surface area contributed by atoms with E-state index in [1.807, 2.05) is 0 Å². The first-order valence-corrected chi connectivity index (χ1v) is 0.894. The van der Waals surface area contributed by atoms with Gasteiger partial charge in [0.05, 0.1) is 0 Å². The summed E-state index contributed by atoms with van der Waals surface area (Å²) in [5.74, 6) is 0. The van der Waals surface area contributed by atoms with Crippen molar-refractivity contribution in [3.8, 4) is 5.40 Å². The van der Waals surface area contributed by atoms with Gasteiger partial charge in [0.15, 0.2) is 0 Å². The number of rotatable bonds is 0. The molecule has 0 aliphatic heterocycles. The van der Waals surface area contributed by atoms with E-state index in [1.165, 1.54) is 5.40 Å². The summed E-state index contributed by atoms with van der Waals surface area (Å²) in [7, 11) is 0. The number of halogens is 1. The maximum absolute atomic E-state index is 7.18. The molecule has 0 spiro atoms. The van der Waals surface area contributed by atoms with E-state index < -0.39 is 0 Å². The Morgan fingerprint density at radius 3 is 1.50 bits per heavy atom. The standard InChI is InChI=1S/CHNS.BrH.H3N.Na.H/c2-1-3;;;;/h3H;1H;1H3;;. The van der Waals surface area contributed by atoms with Crippen molar-refractivity contribution in [2.45, 2.75) is 0 Å². The van der Waals surface area contributed by atoms with Crippen molar-refractivity contribution in [2.75, 3.05) is 0 Å². The zero-order valence-corrected chi connectivity index (χ0v) is 5.12. The summed E-state index contributed by atoms with van der Waals surface area (Å²) in [6.07, 6.45) is 0. The van der Waals surface area contributed by atoms with Gasteiger partial charge in [-0.3, -0.25) is 0 Å². The van der Waals surface area contributed by atoms with Gasteiger partial charge in [-0.15, -0.1) is 17.0 Å². The van der Waals surface area contributed by atoms with E-state index in [0.29, 0.717) is 0 Å². The number of thiocyanates is 1. The van der Waals surface area contributed by atoms with Gasteiger partial charge in [0.2, 0.25) is 0 Å². The summed E-state index contributed by atoms with van der Waals surface area (Å²) >= 11 is 3.09. The van der Waals surface area contributed by atoms with Gasteiger partial charge >= 0.3 is 29.6 Å². The molecular weight excluding hydrogens is 175 g/mol. The number of nitriles is 1. The molecule has 0 aromatic heterocycles. The zero-order valence-electron chi connectivity index (χ0n) is 2.51. The number of hydrogen-bond acceptors (Lipinski definition) is 3. The van der Waals surface area contributed by atoms with Crippen LogP contribution in [-0.2, 0) is 0 Å². The van der Waals surface area contributed by atoms with Gasteiger partial charge in [-0.05, 0) is 0 Å². The number of thiol groups is 1. The van der Waals surface area contributed by atoms with Crippen molar-refractivity contribution >= 4 is 59.2 Å². The molecule has 0 aliphatic rings. The molecule has 0 fully saturated rings. The quantitative estimate of drug-likeness (QED) is 0.324. The number of nitrogens with zero attached hydrogens (tertiary/aromatic N) is 1. The third-order valence-corrected chi connectivity index (χ3v) is 0. The Morgan fingerprint density at radius 1 is 1.50 bits per heavy atom. The molecule has 0 saturated heterocycles.